The highest BCUT2D eigenvalue weighted by Crippen LogP contribution is 2.50. The van der Waals surface area contributed by atoms with E-state index >= 15 is 0 Å². The molecule has 216 valence electrons. The Bertz CT molecular complexity index is 2270. The molecule has 8 rings (SSSR count). The Balaban J connectivity index is 1.56. The standard InChI is InChI=1S/C46H32/c1-4-17-33(18-5-1)37-25-12-14-28-41(37)44-32-31-40(36-21-8-3-9-22-36)45(43-30-16-24-35-23-10-11-26-39(35)43)46(44)42-29-15-13-27-38(42)34-19-6-2-7-20-34/h1-32H. The highest BCUT2D eigenvalue weighted by Gasteiger charge is 2.23. The van der Waals surface area contributed by atoms with Crippen molar-refractivity contribution in [2.45, 2.75) is 0 Å². The zero-order chi connectivity index (χ0) is 30.7. The molecule has 0 saturated heterocycles. The lowest BCUT2D eigenvalue weighted by Crippen LogP contribution is -1.98. The Kier molecular flexibility index (Phi) is 7.30. The molecule has 0 aliphatic heterocycles. The van der Waals surface area contributed by atoms with Gasteiger partial charge in [-0.05, 0) is 77.5 Å². The van der Waals surface area contributed by atoms with Crippen LogP contribution in [0.25, 0.3) is 77.5 Å². The molecule has 0 unspecified atom stereocenters. The number of hydrogen-bond donors (Lipinski definition) is 0. The fraction of sp³-hybridized carbons (Fsp3) is 0. The summed E-state index contributed by atoms with van der Waals surface area (Å²) in [6.07, 6.45) is 0. The molecule has 0 amide bonds. The Labute approximate surface area is 270 Å². The quantitative estimate of drug-likeness (QED) is 0.182. The topological polar surface area (TPSA) is 0 Å². The van der Waals surface area contributed by atoms with Gasteiger partial charge in [0.15, 0.2) is 0 Å². The third-order valence-corrected chi connectivity index (χ3v) is 8.93. The molecule has 0 aromatic heterocycles. The zero-order valence-corrected chi connectivity index (χ0v) is 25.5. The lowest BCUT2D eigenvalue weighted by Gasteiger charge is -2.24. The van der Waals surface area contributed by atoms with Crippen LogP contribution in [-0.4, -0.2) is 0 Å². The van der Waals surface area contributed by atoms with Gasteiger partial charge < -0.3 is 0 Å². The molecule has 0 radical (unpaired) electrons. The van der Waals surface area contributed by atoms with E-state index in [-0.39, 0.29) is 0 Å². The summed E-state index contributed by atoms with van der Waals surface area (Å²) in [4.78, 5) is 0. The van der Waals surface area contributed by atoms with Crippen molar-refractivity contribution in [3.8, 4) is 66.8 Å². The molecule has 0 nitrogen and oxygen atoms in total. The van der Waals surface area contributed by atoms with E-state index in [4.69, 9.17) is 0 Å². The minimum Gasteiger partial charge on any atom is -0.0622 e. The van der Waals surface area contributed by atoms with Crippen LogP contribution in [-0.2, 0) is 0 Å². The van der Waals surface area contributed by atoms with Crippen LogP contribution < -0.4 is 0 Å². The van der Waals surface area contributed by atoms with E-state index in [9.17, 15) is 0 Å². The number of hydrogen-bond acceptors (Lipinski definition) is 0. The third-order valence-electron chi connectivity index (χ3n) is 8.93. The highest BCUT2D eigenvalue weighted by molar-refractivity contribution is 6.11. The maximum atomic E-state index is 2.34. The van der Waals surface area contributed by atoms with Gasteiger partial charge in [-0.15, -0.1) is 0 Å². The summed E-state index contributed by atoms with van der Waals surface area (Å²) in [6, 6.07) is 70.2. The van der Waals surface area contributed by atoms with Crippen molar-refractivity contribution in [1.29, 1.82) is 0 Å². The monoisotopic (exact) mass is 584 g/mol. The third kappa shape index (κ3) is 5.01. The van der Waals surface area contributed by atoms with Crippen molar-refractivity contribution in [1.82, 2.24) is 0 Å². The van der Waals surface area contributed by atoms with Gasteiger partial charge in [0.2, 0.25) is 0 Å². The predicted octanol–water partition coefficient (Wildman–Crippen LogP) is 12.8. The van der Waals surface area contributed by atoms with E-state index in [1.807, 2.05) is 0 Å². The first-order valence-corrected chi connectivity index (χ1v) is 15.9. The molecule has 0 fully saturated rings. The molecule has 46 heavy (non-hydrogen) atoms. The van der Waals surface area contributed by atoms with Crippen LogP contribution in [0, 0.1) is 0 Å². The van der Waals surface area contributed by atoms with Gasteiger partial charge in [0.05, 0.1) is 0 Å². The minimum atomic E-state index is 1.20. The SMILES string of the molecule is c1ccc(-c2ccccc2-c2ccc(-c3ccccc3)c(-c3cccc4ccccc34)c2-c2ccccc2-c2ccccc2)cc1. The molecular formula is C46H32. The molecule has 0 bridgehead atoms. The average molecular weight is 585 g/mol. The van der Waals surface area contributed by atoms with Crippen LogP contribution >= 0.6 is 0 Å². The van der Waals surface area contributed by atoms with Crippen LogP contribution in [0.15, 0.2) is 194 Å². The second-order valence-electron chi connectivity index (χ2n) is 11.6. The van der Waals surface area contributed by atoms with E-state index in [1.54, 1.807) is 0 Å². The van der Waals surface area contributed by atoms with Gasteiger partial charge in [0.1, 0.15) is 0 Å². The largest absolute Gasteiger partial charge is 0.0622 e. The highest BCUT2D eigenvalue weighted by atomic mass is 14.3. The molecule has 8 aromatic rings. The van der Waals surface area contributed by atoms with Gasteiger partial charge in [0, 0.05) is 0 Å². The van der Waals surface area contributed by atoms with Gasteiger partial charge >= 0.3 is 0 Å². The molecule has 0 heteroatoms. The van der Waals surface area contributed by atoms with E-state index in [0.717, 1.165) is 0 Å². The van der Waals surface area contributed by atoms with Crippen molar-refractivity contribution in [3.63, 3.8) is 0 Å². The maximum Gasteiger partial charge on any atom is -0.00139 e. The lowest BCUT2D eigenvalue weighted by molar-refractivity contribution is 1.53. The first kappa shape index (κ1) is 27.6. The Morgan fingerprint density at radius 1 is 0.196 bits per heavy atom. The molecule has 0 aliphatic rings. The van der Waals surface area contributed by atoms with E-state index < -0.39 is 0 Å². The molecule has 0 spiro atoms. The van der Waals surface area contributed by atoms with Crippen molar-refractivity contribution in [3.05, 3.63) is 194 Å². The van der Waals surface area contributed by atoms with Crippen molar-refractivity contribution in [2.24, 2.45) is 0 Å². The number of rotatable bonds is 6. The first-order chi connectivity index (χ1) is 22.9. The lowest BCUT2D eigenvalue weighted by atomic mass is 9.79. The van der Waals surface area contributed by atoms with E-state index in [2.05, 4.69) is 194 Å². The summed E-state index contributed by atoms with van der Waals surface area (Å²) >= 11 is 0. The van der Waals surface area contributed by atoms with Crippen molar-refractivity contribution in [2.75, 3.05) is 0 Å². The van der Waals surface area contributed by atoms with Gasteiger partial charge in [-0.3, -0.25) is 0 Å². The molecule has 8 aromatic carbocycles. The average Bonchev–Trinajstić information content (AvgIpc) is 3.15. The van der Waals surface area contributed by atoms with Crippen molar-refractivity contribution >= 4 is 10.8 Å². The molecule has 0 heterocycles. The Hall–Kier alpha value is -5.98. The summed E-state index contributed by atoms with van der Waals surface area (Å²) in [5, 5.41) is 2.48. The van der Waals surface area contributed by atoms with Crippen molar-refractivity contribution < 1.29 is 0 Å². The summed E-state index contributed by atoms with van der Waals surface area (Å²) in [5.74, 6) is 0. The summed E-state index contributed by atoms with van der Waals surface area (Å²) in [5.41, 5.74) is 14.6. The molecular weight excluding hydrogens is 553 g/mol. The van der Waals surface area contributed by atoms with Gasteiger partial charge in [-0.25, -0.2) is 0 Å². The fourth-order valence-electron chi connectivity index (χ4n) is 6.85. The summed E-state index contributed by atoms with van der Waals surface area (Å²) in [6.45, 7) is 0. The van der Waals surface area contributed by atoms with Gasteiger partial charge in [-0.2, -0.15) is 0 Å². The molecule has 0 saturated carbocycles. The maximum absolute atomic E-state index is 2.34. The van der Waals surface area contributed by atoms with Gasteiger partial charge in [-0.1, -0.05) is 194 Å². The van der Waals surface area contributed by atoms with Crippen LogP contribution in [0.2, 0.25) is 0 Å². The second kappa shape index (κ2) is 12.2. The molecule has 0 atom stereocenters. The number of fused-ring (bicyclic) bond motifs is 1. The van der Waals surface area contributed by atoms with Crippen LogP contribution in [0.5, 0.6) is 0 Å². The Morgan fingerprint density at radius 2 is 0.587 bits per heavy atom. The first-order valence-electron chi connectivity index (χ1n) is 15.9. The van der Waals surface area contributed by atoms with Crippen LogP contribution in [0.3, 0.4) is 0 Å². The molecule has 0 N–H and O–H groups in total. The normalized spacial score (nSPS) is 11.0. The predicted molar refractivity (Wildman–Crippen MR) is 197 cm³/mol. The number of benzene rings is 8. The van der Waals surface area contributed by atoms with Crippen LogP contribution in [0.4, 0.5) is 0 Å². The molecule has 0 aliphatic carbocycles. The van der Waals surface area contributed by atoms with E-state index in [0.29, 0.717) is 0 Å². The van der Waals surface area contributed by atoms with Crippen LogP contribution in [0.1, 0.15) is 0 Å². The summed E-state index contributed by atoms with van der Waals surface area (Å²) in [7, 11) is 0. The minimum absolute atomic E-state index is 1.20. The zero-order valence-electron chi connectivity index (χ0n) is 25.5. The smallest absolute Gasteiger partial charge is 0.00139 e. The summed E-state index contributed by atoms with van der Waals surface area (Å²) < 4.78 is 0. The van der Waals surface area contributed by atoms with Gasteiger partial charge in [0.25, 0.3) is 0 Å². The Morgan fingerprint density at radius 3 is 1.22 bits per heavy atom. The second-order valence-corrected chi connectivity index (χ2v) is 11.6. The van der Waals surface area contributed by atoms with E-state index in [1.165, 1.54) is 77.5 Å². The fourth-order valence-corrected chi connectivity index (χ4v) is 6.85.